The summed E-state index contributed by atoms with van der Waals surface area (Å²) in [7, 11) is 0. The van der Waals surface area contributed by atoms with E-state index in [4.69, 9.17) is 23.2 Å². The predicted octanol–water partition coefficient (Wildman–Crippen LogP) is 4.87. The molecule has 2 fully saturated rings. The molecule has 1 saturated carbocycles. The molecular formula is C23H21Cl2FN2O3. The average Bonchev–Trinajstić information content (AvgIpc) is 3.18. The van der Waals surface area contributed by atoms with Crippen LogP contribution in [0, 0.1) is 5.82 Å². The number of rotatable bonds is 2. The highest BCUT2D eigenvalue weighted by atomic mass is 35.5. The summed E-state index contributed by atoms with van der Waals surface area (Å²) in [5.74, 6) is -3.12. The minimum Gasteiger partial charge on any atom is -0.480 e. The first-order valence-corrected chi connectivity index (χ1v) is 11.1. The Kier molecular flexibility index (Phi) is 4.81. The molecular weight excluding hydrogens is 442 g/mol. The fraction of sp³-hybridized carbons (Fsp3) is 0.391. The van der Waals surface area contributed by atoms with E-state index in [1.807, 2.05) is 0 Å². The van der Waals surface area contributed by atoms with Gasteiger partial charge in [-0.05, 0) is 42.2 Å². The predicted molar refractivity (Wildman–Crippen MR) is 116 cm³/mol. The van der Waals surface area contributed by atoms with E-state index in [9.17, 15) is 14.7 Å². The van der Waals surface area contributed by atoms with Crippen molar-refractivity contribution in [1.82, 2.24) is 5.32 Å². The molecule has 2 heterocycles. The van der Waals surface area contributed by atoms with Gasteiger partial charge in [-0.1, -0.05) is 60.7 Å². The first kappa shape index (κ1) is 20.7. The zero-order valence-corrected chi connectivity index (χ0v) is 18.1. The van der Waals surface area contributed by atoms with Crippen LogP contribution >= 0.6 is 23.2 Å². The molecule has 1 saturated heterocycles. The van der Waals surface area contributed by atoms with E-state index in [0.29, 0.717) is 29.1 Å². The van der Waals surface area contributed by atoms with Crippen molar-refractivity contribution in [2.24, 2.45) is 0 Å². The molecule has 0 bridgehead atoms. The van der Waals surface area contributed by atoms with Gasteiger partial charge in [-0.2, -0.15) is 0 Å². The highest BCUT2D eigenvalue weighted by molar-refractivity contribution is 6.31. The Bertz CT molecular complexity index is 1100. The third-order valence-electron chi connectivity index (χ3n) is 7.29. The lowest BCUT2D eigenvalue weighted by Gasteiger charge is -2.47. The van der Waals surface area contributed by atoms with Crippen LogP contribution in [-0.4, -0.2) is 28.6 Å². The largest absolute Gasteiger partial charge is 0.480 e. The molecule has 0 radical (unpaired) electrons. The summed E-state index contributed by atoms with van der Waals surface area (Å²) in [6.45, 7) is 0. The van der Waals surface area contributed by atoms with E-state index in [1.165, 1.54) is 12.1 Å². The normalized spacial score (nSPS) is 28.7. The third-order valence-corrected chi connectivity index (χ3v) is 7.82. The summed E-state index contributed by atoms with van der Waals surface area (Å²) < 4.78 is 15.3. The molecule has 5 rings (SSSR count). The number of nitrogens with one attached hydrogen (secondary N) is 2. The number of amides is 1. The van der Waals surface area contributed by atoms with Crippen molar-refractivity contribution >= 4 is 40.8 Å². The van der Waals surface area contributed by atoms with Crippen molar-refractivity contribution < 1.29 is 19.1 Å². The fourth-order valence-corrected chi connectivity index (χ4v) is 6.56. The van der Waals surface area contributed by atoms with Gasteiger partial charge in [0.1, 0.15) is 17.3 Å². The molecule has 2 spiro atoms. The van der Waals surface area contributed by atoms with Gasteiger partial charge in [-0.3, -0.25) is 14.9 Å². The highest BCUT2D eigenvalue weighted by Crippen LogP contribution is 2.62. The SMILES string of the molecule is O=C(O)[C@@H]1NC2(CCCCC2)[C@@]2(C(=O)Nc3cc(Cl)ccc32)C1c1cccc(Cl)c1F. The third kappa shape index (κ3) is 2.71. The lowest BCUT2D eigenvalue weighted by atomic mass is 9.55. The van der Waals surface area contributed by atoms with Crippen LogP contribution in [0.3, 0.4) is 0 Å². The Morgan fingerprint density at radius 3 is 2.58 bits per heavy atom. The first-order valence-electron chi connectivity index (χ1n) is 10.4. The number of aliphatic carboxylic acids is 1. The topological polar surface area (TPSA) is 78.4 Å². The minimum absolute atomic E-state index is 0.101. The Morgan fingerprint density at radius 2 is 1.87 bits per heavy atom. The van der Waals surface area contributed by atoms with Gasteiger partial charge in [0.2, 0.25) is 5.91 Å². The molecule has 2 aliphatic heterocycles. The standard InChI is InChI=1S/C23H21Cl2FN2O3/c24-12-7-8-14-16(11-12)27-21(31)23(14)17(13-5-4-6-15(25)18(13)26)19(20(29)30)28-22(23)9-2-1-3-10-22/h4-8,11,17,19,28H,1-3,9-10H2,(H,27,31)(H,29,30)/t17?,19-,23-/m1/s1. The molecule has 3 atom stereocenters. The van der Waals surface area contributed by atoms with Crippen molar-refractivity contribution in [2.45, 2.75) is 55.0 Å². The molecule has 1 amide bonds. The molecule has 162 valence electrons. The summed E-state index contributed by atoms with van der Waals surface area (Å²) in [5, 5.41) is 16.8. The van der Waals surface area contributed by atoms with Gasteiger partial charge in [-0.15, -0.1) is 0 Å². The second kappa shape index (κ2) is 7.19. The molecule has 1 aliphatic carbocycles. The van der Waals surface area contributed by atoms with Crippen molar-refractivity contribution in [2.75, 3.05) is 5.32 Å². The lowest BCUT2D eigenvalue weighted by Crippen LogP contribution is -2.60. The number of benzene rings is 2. The average molecular weight is 463 g/mol. The van der Waals surface area contributed by atoms with E-state index < -0.39 is 34.7 Å². The fourth-order valence-electron chi connectivity index (χ4n) is 6.21. The number of halogens is 3. The van der Waals surface area contributed by atoms with E-state index in [2.05, 4.69) is 10.6 Å². The quantitative estimate of drug-likeness (QED) is 0.594. The van der Waals surface area contributed by atoms with Gasteiger partial charge < -0.3 is 10.4 Å². The Hall–Kier alpha value is -2.15. The van der Waals surface area contributed by atoms with Crippen LogP contribution in [0.25, 0.3) is 0 Å². The molecule has 3 N–H and O–H groups in total. The lowest BCUT2D eigenvalue weighted by molar-refractivity contribution is -0.139. The molecule has 3 aliphatic rings. The van der Waals surface area contributed by atoms with E-state index in [0.717, 1.165) is 19.3 Å². The van der Waals surface area contributed by atoms with Crippen LogP contribution in [0.2, 0.25) is 10.0 Å². The summed E-state index contributed by atoms with van der Waals surface area (Å²) in [6, 6.07) is 8.52. The van der Waals surface area contributed by atoms with Gasteiger partial charge in [-0.25, -0.2) is 4.39 Å². The maximum absolute atomic E-state index is 15.3. The number of carboxylic acids is 1. The van der Waals surface area contributed by atoms with Crippen LogP contribution < -0.4 is 10.6 Å². The highest BCUT2D eigenvalue weighted by Gasteiger charge is 2.72. The van der Waals surface area contributed by atoms with E-state index >= 15 is 4.39 Å². The van der Waals surface area contributed by atoms with Crippen molar-refractivity contribution in [1.29, 1.82) is 0 Å². The second-order valence-electron chi connectivity index (χ2n) is 8.68. The van der Waals surface area contributed by atoms with Crippen LogP contribution in [0.15, 0.2) is 36.4 Å². The molecule has 2 aromatic carbocycles. The Balaban J connectivity index is 1.86. The van der Waals surface area contributed by atoms with E-state index in [1.54, 1.807) is 24.3 Å². The smallest absolute Gasteiger partial charge is 0.321 e. The summed E-state index contributed by atoms with van der Waals surface area (Å²) in [5.41, 5.74) is -0.793. The van der Waals surface area contributed by atoms with Crippen LogP contribution in [0.1, 0.15) is 49.1 Å². The number of carbonyl (C=O) groups excluding carboxylic acids is 1. The monoisotopic (exact) mass is 462 g/mol. The molecule has 5 nitrogen and oxygen atoms in total. The molecule has 8 heteroatoms. The number of hydrogen-bond donors (Lipinski definition) is 3. The van der Waals surface area contributed by atoms with Gasteiger partial charge >= 0.3 is 5.97 Å². The second-order valence-corrected chi connectivity index (χ2v) is 9.52. The number of carboxylic acid groups (broad SMARTS) is 1. The summed E-state index contributed by atoms with van der Waals surface area (Å²) in [4.78, 5) is 26.3. The van der Waals surface area contributed by atoms with Gasteiger partial charge in [0.05, 0.1) is 5.02 Å². The van der Waals surface area contributed by atoms with Gasteiger partial charge in [0, 0.05) is 22.2 Å². The number of carbonyl (C=O) groups is 2. The van der Waals surface area contributed by atoms with Crippen molar-refractivity contribution in [3.05, 3.63) is 63.4 Å². The minimum atomic E-state index is -1.30. The van der Waals surface area contributed by atoms with Crippen LogP contribution in [0.5, 0.6) is 0 Å². The Labute approximate surface area is 188 Å². The molecule has 31 heavy (non-hydrogen) atoms. The first-order chi connectivity index (χ1) is 14.8. The zero-order valence-electron chi connectivity index (χ0n) is 16.6. The van der Waals surface area contributed by atoms with Crippen molar-refractivity contribution in [3.63, 3.8) is 0 Å². The summed E-state index contributed by atoms with van der Waals surface area (Å²) >= 11 is 12.3. The van der Waals surface area contributed by atoms with Gasteiger partial charge in [0.25, 0.3) is 0 Å². The molecule has 2 aromatic rings. The van der Waals surface area contributed by atoms with Crippen LogP contribution in [-0.2, 0) is 15.0 Å². The van der Waals surface area contributed by atoms with Gasteiger partial charge in [0.15, 0.2) is 0 Å². The zero-order chi connectivity index (χ0) is 22.0. The van der Waals surface area contributed by atoms with Crippen LogP contribution in [0.4, 0.5) is 10.1 Å². The Morgan fingerprint density at radius 1 is 1.13 bits per heavy atom. The maximum Gasteiger partial charge on any atom is 0.321 e. The maximum atomic E-state index is 15.3. The number of hydrogen-bond acceptors (Lipinski definition) is 3. The van der Waals surface area contributed by atoms with Crippen molar-refractivity contribution in [3.8, 4) is 0 Å². The number of fused-ring (bicyclic) bond motifs is 3. The molecule has 0 aromatic heterocycles. The number of anilines is 1. The summed E-state index contributed by atoms with van der Waals surface area (Å²) in [6.07, 6.45) is 3.93. The molecule has 1 unspecified atom stereocenters. The van der Waals surface area contributed by atoms with E-state index in [-0.39, 0.29) is 16.5 Å².